The van der Waals surface area contributed by atoms with E-state index < -0.39 is 17.7 Å². The Morgan fingerprint density at radius 3 is 2.19 bits per heavy atom. The summed E-state index contributed by atoms with van der Waals surface area (Å²) in [6, 6.07) is 6.81. The van der Waals surface area contributed by atoms with Gasteiger partial charge in [-0.1, -0.05) is 29.8 Å². The van der Waals surface area contributed by atoms with E-state index in [-0.39, 0.29) is 19.0 Å². The van der Waals surface area contributed by atoms with Crippen LogP contribution >= 0.6 is 12.4 Å². The van der Waals surface area contributed by atoms with E-state index in [1.165, 1.54) is 0 Å². The Labute approximate surface area is 131 Å². The lowest BCUT2D eigenvalue weighted by Crippen LogP contribution is -2.49. The number of nitrogens with zero attached hydrogens (tertiary/aromatic N) is 1. The van der Waals surface area contributed by atoms with E-state index in [1.807, 2.05) is 31.2 Å². The summed E-state index contributed by atoms with van der Waals surface area (Å²) in [5.41, 5.74) is 8.90. The molecule has 0 spiro atoms. The number of aryl methyl sites for hydroxylation is 1. The quantitative estimate of drug-likeness (QED) is 0.823. The molecule has 0 saturated heterocycles. The number of nitrogens with one attached hydrogen (secondary N) is 1. The lowest BCUT2D eigenvalue weighted by Gasteiger charge is -2.25. The van der Waals surface area contributed by atoms with Crippen LogP contribution in [0.4, 0.5) is 9.59 Å². The molecule has 0 saturated carbocycles. The Hall–Kier alpha value is -1.95. The maximum atomic E-state index is 11.6. The zero-order valence-electron chi connectivity index (χ0n) is 12.7. The smallest absolute Gasteiger partial charge is 0.426 e. The zero-order valence-corrected chi connectivity index (χ0v) is 13.5. The van der Waals surface area contributed by atoms with E-state index in [0.717, 1.165) is 16.1 Å². The van der Waals surface area contributed by atoms with Gasteiger partial charge < -0.3 is 10.5 Å². The lowest BCUT2D eigenvalue weighted by molar-refractivity contribution is 0.0375. The number of benzene rings is 1. The predicted molar refractivity (Wildman–Crippen MR) is 82.9 cm³/mol. The molecular weight excluding hydrogens is 294 g/mol. The van der Waals surface area contributed by atoms with E-state index in [1.54, 1.807) is 20.8 Å². The zero-order chi connectivity index (χ0) is 15.3. The summed E-state index contributed by atoms with van der Waals surface area (Å²) in [4.78, 5) is 23.0. The molecule has 1 aromatic rings. The molecule has 0 radical (unpaired) electrons. The third kappa shape index (κ3) is 7.41. The van der Waals surface area contributed by atoms with Crippen molar-refractivity contribution in [2.75, 3.05) is 0 Å². The molecule has 0 aliphatic carbocycles. The second kappa shape index (κ2) is 7.73. The number of carbonyl (C=O) groups excluding carboxylic acids is 2. The number of carbonyl (C=O) groups is 2. The first-order valence-corrected chi connectivity index (χ1v) is 6.29. The van der Waals surface area contributed by atoms with Crippen LogP contribution in [0.3, 0.4) is 0 Å². The molecule has 1 aromatic carbocycles. The topological polar surface area (TPSA) is 84.7 Å². The van der Waals surface area contributed by atoms with Crippen molar-refractivity contribution in [3.63, 3.8) is 0 Å². The summed E-state index contributed by atoms with van der Waals surface area (Å²) in [5, 5.41) is 1.01. The molecule has 0 atom stereocenters. The van der Waals surface area contributed by atoms with Crippen molar-refractivity contribution >= 4 is 24.5 Å². The molecule has 0 unspecified atom stereocenters. The highest BCUT2D eigenvalue weighted by atomic mass is 35.5. The van der Waals surface area contributed by atoms with Gasteiger partial charge in [-0.25, -0.2) is 20.0 Å². The van der Waals surface area contributed by atoms with Crippen LogP contribution in [0.5, 0.6) is 0 Å². The van der Waals surface area contributed by atoms with Crippen molar-refractivity contribution in [3.05, 3.63) is 35.4 Å². The summed E-state index contributed by atoms with van der Waals surface area (Å²) < 4.78 is 5.08. The van der Waals surface area contributed by atoms with Crippen LogP contribution in [0.15, 0.2) is 24.3 Å². The Morgan fingerprint density at radius 2 is 1.76 bits per heavy atom. The van der Waals surface area contributed by atoms with E-state index in [0.29, 0.717) is 0 Å². The van der Waals surface area contributed by atoms with E-state index >= 15 is 0 Å². The number of halogens is 1. The van der Waals surface area contributed by atoms with Gasteiger partial charge in [0, 0.05) is 0 Å². The molecular formula is C14H22ClN3O3. The molecule has 0 bridgehead atoms. The number of amides is 3. The van der Waals surface area contributed by atoms with Gasteiger partial charge in [-0.3, -0.25) is 0 Å². The van der Waals surface area contributed by atoms with Gasteiger partial charge >= 0.3 is 12.1 Å². The number of primary amides is 1. The third-order valence-corrected chi connectivity index (χ3v) is 2.35. The van der Waals surface area contributed by atoms with Crippen LogP contribution < -0.4 is 11.2 Å². The van der Waals surface area contributed by atoms with E-state index in [4.69, 9.17) is 10.5 Å². The fourth-order valence-electron chi connectivity index (χ4n) is 1.46. The maximum absolute atomic E-state index is 11.6. The normalized spacial score (nSPS) is 10.3. The van der Waals surface area contributed by atoms with Gasteiger partial charge in [0.1, 0.15) is 5.60 Å². The number of hydrazine groups is 1. The number of ether oxygens (including phenoxy) is 1. The minimum Gasteiger partial charge on any atom is -0.443 e. The molecule has 0 aromatic heterocycles. The molecule has 21 heavy (non-hydrogen) atoms. The fraction of sp³-hybridized carbons (Fsp3) is 0.429. The molecule has 0 fully saturated rings. The Bertz CT molecular complexity index is 483. The molecule has 1 rings (SSSR count). The van der Waals surface area contributed by atoms with E-state index in [9.17, 15) is 9.59 Å². The number of urea groups is 1. The second-order valence-corrected chi connectivity index (χ2v) is 5.52. The minimum absolute atomic E-state index is 0. The largest absolute Gasteiger partial charge is 0.443 e. The first-order valence-electron chi connectivity index (χ1n) is 6.29. The first kappa shape index (κ1) is 19.1. The van der Waals surface area contributed by atoms with Crippen molar-refractivity contribution in [2.24, 2.45) is 5.73 Å². The Kier molecular flexibility index (Phi) is 7.01. The molecule has 0 heterocycles. The monoisotopic (exact) mass is 315 g/mol. The summed E-state index contributed by atoms with van der Waals surface area (Å²) >= 11 is 0. The van der Waals surface area contributed by atoms with Gasteiger partial charge in [0.2, 0.25) is 0 Å². The highest BCUT2D eigenvalue weighted by molar-refractivity contribution is 5.85. The maximum Gasteiger partial charge on any atom is 0.426 e. The van der Waals surface area contributed by atoms with Gasteiger partial charge in [0.15, 0.2) is 0 Å². The van der Waals surface area contributed by atoms with Gasteiger partial charge in [0.05, 0.1) is 6.54 Å². The number of hydrogen-bond acceptors (Lipinski definition) is 3. The van der Waals surface area contributed by atoms with E-state index in [2.05, 4.69) is 5.43 Å². The number of nitrogens with two attached hydrogens (primary N) is 1. The van der Waals surface area contributed by atoms with Crippen LogP contribution in [0.1, 0.15) is 31.9 Å². The van der Waals surface area contributed by atoms with Crippen molar-refractivity contribution in [1.82, 2.24) is 10.4 Å². The van der Waals surface area contributed by atoms with Crippen molar-refractivity contribution < 1.29 is 14.3 Å². The van der Waals surface area contributed by atoms with Crippen LogP contribution in [-0.4, -0.2) is 22.7 Å². The predicted octanol–water partition coefficient (Wildman–Crippen LogP) is 2.74. The first-order chi connectivity index (χ1) is 9.17. The summed E-state index contributed by atoms with van der Waals surface area (Å²) in [5.74, 6) is 0. The summed E-state index contributed by atoms with van der Waals surface area (Å²) in [6.07, 6.45) is -0.719. The van der Waals surface area contributed by atoms with Crippen LogP contribution in [0.2, 0.25) is 0 Å². The number of hydrogen-bond donors (Lipinski definition) is 2. The average molecular weight is 316 g/mol. The third-order valence-electron chi connectivity index (χ3n) is 2.35. The number of rotatable bonds is 2. The minimum atomic E-state index is -0.753. The molecule has 6 nitrogen and oxygen atoms in total. The second-order valence-electron chi connectivity index (χ2n) is 5.52. The lowest BCUT2D eigenvalue weighted by atomic mass is 10.1. The van der Waals surface area contributed by atoms with Crippen molar-refractivity contribution in [1.29, 1.82) is 0 Å². The van der Waals surface area contributed by atoms with Gasteiger partial charge in [0.25, 0.3) is 0 Å². The SMILES string of the molecule is Cc1ccc(CN(NC(=O)OC(C)(C)C)C(N)=O)cc1.Cl. The van der Waals surface area contributed by atoms with Crippen LogP contribution in [0.25, 0.3) is 0 Å². The summed E-state index contributed by atoms with van der Waals surface area (Å²) in [6.45, 7) is 7.35. The van der Waals surface area contributed by atoms with Gasteiger partial charge in [-0.15, -0.1) is 12.4 Å². The molecule has 3 N–H and O–H groups in total. The molecule has 0 aliphatic heterocycles. The highest BCUT2D eigenvalue weighted by Gasteiger charge is 2.20. The fourth-order valence-corrected chi connectivity index (χ4v) is 1.46. The van der Waals surface area contributed by atoms with Crippen molar-refractivity contribution in [3.8, 4) is 0 Å². The van der Waals surface area contributed by atoms with Gasteiger partial charge in [-0.05, 0) is 33.3 Å². The Morgan fingerprint density at radius 1 is 1.24 bits per heavy atom. The van der Waals surface area contributed by atoms with Gasteiger partial charge in [-0.2, -0.15) is 0 Å². The highest BCUT2D eigenvalue weighted by Crippen LogP contribution is 2.08. The average Bonchev–Trinajstić information content (AvgIpc) is 2.28. The summed E-state index contributed by atoms with van der Waals surface area (Å²) in [7, 11) is 0. The standard InChI is InChI=1S/C14H21N3O3.ClH/c1-10-5-7-11(8-6-10)9-17(12(15)18)16-13(19)20-14(2,3)4;/h5-8H,9H2,1-4H3,(H2,15,18)(H,16,19);1H. The van der Waals surface area contributed by atoms with Crippen LogP contribution in [0, 0.1) is 6.92 Å². The molecule has 118 valence electrons. The molecule has 3 amide bonds. The van der Waals surface area contributed by atoms with Crippen LogP contribution in [-0.2, 0) is 11.3 Å². The Balaban J connectivity index is 0.00000400. The molecule has 0 aliphatic rings. The molecule has 7 heteroatoms. The van der Waals surface area contributed by atoms with Crippen molar-refractivity contribution in [2.45, 2.75) is 39.8 Å².